The minimum Gasteiger partial charge on any atom is -0.345 e. The molecule has 0 saturated carbocycles. The molecule has 2 atom stereocenters. The Morgan fingerprint density at radius 2 is 2.20 bits per heavy atom. The number of nitrogens with one attached hydrogen (secondary N) is 1. The van der Waals surface area contributed by atoms with E-state index in [1.54, 1.807) is 11.3 Å². The van der Waals surface area contributed by atoms with Gasteiger partial charge in [0.05, 0.1) is 6.04 Å². The molecule has 4 heteroatoms. The van der Waals surface area contributed by atoms with Gasteiger partial charge in [0.15, 0.2) is 0 Å². The quantitative estimate of drug-likeness (QED) is 0.788. The number of hydrogen-bond acceptors (Lipinski definition) is 3. The highest BCUT2D eigenvalue weighted by Crippen LogP contribution is 2.31. The maximum atomic E-state index is 11.5. The molecule has 0 unspecified atom stereocenters. The summed E-state index contributed by atoms with van der Waals surface area (Å²) in [4.78, 5) is 15.0. The Labute approximate surface area is 94.1 Å². The molecule has 15 heavy (non-hydrogen) atoms. The van der Waals surface area contributed by atoms with Crippen LogP contribution in [0.5, 0.6) is 0 Å². The molecular formula is C11H16N2OS. The van der Waals surface area contributed by atoms with Crippen molar-refractivity contribution in [2.75, 3.05) is 13.1 Å². The van der Waals surface area contributed by atoms with E-state index in [9.17, 15) is 4.79 Å². The van der Waals surface area contributed by atoms with Crippen molar-refractivity contribution in [1.29, 1.82) is 0 Å². The summed E-state index contributed by atoms with van der Waals surface area (Å²) in [6, 6.07) is 4.37. The molecule has 3 nitrogen and oxygen atoms in total. The molecule has 1 aliphatic heterocycles. The number of rotatable bonds is 4. The van der Waals surface area contributed by atoms with Gasteiger partial charge < -0.3 is 5.32 Å². The van der Waals surface area contributed by atoms with E-state index in [-0.39, 0.29) is 18.0 Å². The van der Waals surface area contributed by atoms with Crippen LogP contribution in [0.15, 0.2) is 17.5 Å². The summed E-state index contributed by atoms with van der Waals surface area (Å²) in [6.45, 7) is 6.05. The Balaban J connectivity index is 2.12. The van der Waals surface area contributed by atoms with Gasteiger partial charge in [-0.25, -0.2) is 0 Å². The minimum absolute atomic E-state index is 0.0404. The summed E-state index contributed by atoms with van der Waals surface area (Å²) in [6.07, 6.45) is 0. The first-order valence-electron chi connectivity index (χ1n) is 5.35. The Bertz CT molecular complexity index is 332. The lowest BCUT2D eigenvalue weighted by atomic mass is 9.95. The SMILES string of the molecule is CCN(CC)[C@@H]1C(=O)N[C@H]1c1cccs1. The zero-order chi connectivity index (χ0) is 10.8. The van der Waals surface area contributed by atoms with Gasteiger partial charge in [-0.2, -0.15) is 0 Å². The van der Waals surface area contributed by atoms with Crippen molar-refractivity contribution in [2.45, 2.75) is 25.9 Å². The van der Waals surface area contributed by atoms with Crippen molar-refractivity contribution in [3.05, 3.63) is 22.4 Å². The van der Waals surface area contributed by atoms with Crippen LogP contribution in [0.1, 0.15) is 24.8 Å². The second-order valence-corrected chi connectivity index (χ2v) is 4.65. The molecule has 1 aromatic heterocycles. The van der Waals surface area contributed by atoms with Crippen LogP contribution in [0.25, 0.3) is 0 Å². The standard InChI is InChI=1S/C11H16N2OS/c1-3-13(4-2)10-9(12-11(10)14)8-6-5-7-15-8/h5-7,9-10H,3-4H2,1-2H3,(H,12,14)/t9-,10-/m0/s1. The van der Waals surface area contributed by atoms with Crippen LogP contribution in [0, 0.1) is 0 Å². The number of amides is 1. The van der Waals surface area contributed by atoms with Crippen molar-refractivity contribution in [3.63, 3.8) is 0 Å². The van der Waals surface area contributed by atoms with Gasteiger partial charge in [-0.3, -0.25) is 9.69 Å². The van der Waals surface area contributed by atoms with Gasteiger partial charge in [0.25, 0.3) is 0 Å². The molecule has 0 bridgehead atoms. The van der Waals surface area contributed by atoms with Crippen LogP contribution in [-0.4, -0.2) is 29.9 Å². The number of hydrogen-bond donors (Lipinski definition) is 1. The number of likely N-dealkylation sites (N-methyl/N-ethyl adjacent to an activating group) is 1. The van der Waals surface area contributed by atoms with Crippen LogP contribution >= 0.6 is 11.3 Å². The third kappa shape index (κ3) is 1.79. The van der Waals surface area contributed by atoms with Crippen LogP contribution in [0.2, 0.25) is 0 Å². The molecule has 0 aliphatic carbocycles. The molecular weight excluding hydrogens is 208 g/mol. The molecule has 82 valence electrons. The molecule has 0 spiro atoms. The number of nitrogens with zero attached hydrogens (tertiary/aromatic N) is 1. The topological polar surface area (TPSA) is 32.3 Å². The first-order valence-corrected chi connectivity index (χ1v) is 6.23. The molecule has 2 rings (SSSR count). The molecule has 1 amide bonds. The maximum Gasteiger partial charge on any atom is 0.240 e. The highest BCUT2D eigenvalue weighted by atomic mass is 32.1. The third-order valence-corrected chi connectivity index (χ3v) is 3.89. The van der Waals surface area contributed by atoms with Crippen LogP contribution in [-0.2, 0) is 4.79 Å². The van der Waals surface area contributed by atoms with Crippen molar-refractivity contribution in [3.8, 4) is 0 Å². The zero-order valence-electron chi connectivity index (χ0n) is 9.06. The molecule has 0 aromatic carbocycles. The van der Waals surface area contributed by atoms with E-state index in [0.717, 1.165) is 13.1 Å². The predicted molar refractivity (Wildman–Crippen MR) is 61.9 cm³/mol. The largest absolute Gasteiger partial charge is 0.345 e. The number of carbonyl (C=O) groups is 1. The van der Waals surface area contributed by atoms with E-state index in [1.807, 2.05) is 6.07 Å². The zero-order valence-corrected chi connectivity index (χ0v) is 9.88. The van der Waals surface area contributed by atoms with Gasteiger partial charge in [-0.05, 0) is 24.5 Å². The molecule has 2 heterocycles. The van der Waals surface area contributed by atoms with E-state index in [1.165, 1.54) is 4.88 Å². The summed E-state index contributed by atoms with van der Waals surface area (Å²) in [5, 5.41) is 5.03. The monoisotopic (exact) mass is 224 g/mol. The van der Waals surface area contributed by atoms with Crippen molar-refractivity contribution in [2.24, 2.45) is 0 Å². The van der Waals surface area contributed by atoms with Crippen LogP contribution < -0.4 is 5.32 Å². The van der Waals surface area contributed by atoms with Gasteiger partial charge in [-0.1, -0.05) is 19.9 Å². The molecule has 0 radical (unpaired) electrons. The van der Waals surface area contributed by atoms with E-state index in [4.69, 9.17) is 0 Å². The van der Waals surface area contributed by atoms with Gasteiger partial charge in [0.2, 0.25) is 5.91 Å². The predicted octanol–water partition coefficient (Wildman–Crippen LogP) is 1.63. The number of carbonyl (C=O) groups excluding carboxylic acids is 1. The number of β-lactam (4-membered cyclic amide) rings is 1. The highest BCUT2D eigenvalue weighted by molar-refractivity contribution is 7.10. The van der Waals surface area contributed by atoms with Gasteiger partial charge in [-0.15, -0.1) is 11.3 Å². The Morgan fingerprint density at radius 1 is 1.47 bits per heavy atom. The lowest BCUT2D eigenvalue weighted by molar-refractivity contribution is -0.137. The fourth-order valence-corrected chi connectivity index (χ4v) is 2.87. The van der Waals surface area contributed by atoms with E-state index >= 15 is 0 Å². The van der Waals surface area contributed by atoms with Gasteiger partial charge >= 0.3 is 0 Å². The average Bonchev–Trinajstić information content (AvgIpc) is 2.74. The molecule has 1 N–H and O–H groups in total. The summed E-state index contributed by atoms with van der Waals surface area (Å²) in [7, 11) is 0. The van der Waals surface area contributed by atoms with Gasteiger partial charge in [0.1, 0.15) is 6.04 Å². The van der Waals surface area contributed by atoms with E-state index < -0.39 is 0 Å². The van der Waals surface area contributed by atoms with Crippen molar-refractivity contribution >= 4 is 17.2 Å². The lowest BCUT2D eigenvalue weighted by Gasteiger charge is -2.42. The van der Waals surface area contributed by atoms with Crippen molar-refractivity contribution in [1.82, 2.24) is 10.2 Å². The van der Waals surface area contributed by atoms with Gasteiger partial charge in [0, 0.05) is 4.88 Å². The molecule has 1 aliphatic rings. The lowest BCUT2D eigenvalue weighted by Crippen LogP contribution is -2.63. The summed E-state index contributed by atoms with van der Waals surface area (Å²) < 4.78 is 0. The number of thiophene rings is 1. The highest BCUT2D eigenvalue weighted by Gasteiger charge is 2.43. The van der Waals surface area contributed by atoms with Crippen LogP contribution in [0.3, 0.4) is 0 Å². The first-order chi connectivity index (χ1) is 7.27. The van der Waals surface area contributed by atoms with E-state index in [0.29, 0.717) is 0 Å². The summed E-state index contributed by atoms with van der Waals surface area (Å²) in [5.41, 5.74) is 0. The summed E-state index contributed by atoms with van der Waals surface area (Å²) >= 11 is 1.71. The Hall–Kier alpha value is -0.870. The first kappa shape index (κ1) is 10.6. The van der Waals surface area contributed by atoms with Crippen LogP contribution in [0.4, 0.5) is 0 Å². The van der Waals surface area contributed by atoms with E-state index in [2.05, 4.69) is 35.5 Å². The normalized spacial score (nSPS) is 25.1. The molecule has 1 aromatic rings. The molecule has 1 saturated heterocycles. The second kappa shape index (κ2) is 4.33. The fraction of sp³-hybridized carbons (Fsp3) is 0.545. The Kier molecular flexibility index (Phi) is 3.07. The third-order valence-electron chi connectivity index (χ3n) is 2.94. The fourth-order valence-electron chi connectivity index (χ4n) is 2.06. The molecule has 1 fully saturated rings. The summed E-state index contributed by atoms with van der Waals surface area (Å²) in [5.74, 6) is 0.164. The minimum atomic E-state index is 0.0404. The maximum absolute atomic E-state index is 11.5. The van der Waals surface area contributed by atoms with Crippen molar-refractivity contribution < 1.29 is 4.79 Å². The smallest absolute Gasteiger partial charge is 0.240 e. The Morgan fingerprint density at radius 3 is 2.67 bits per heavy atom. The second-order valence-electron chi connectivity index (χ2n) is 3.67. The average molecular weight is 224 g/mol.